The Morgan fingerprint density at radius 2 is 2.09 bits per heavy atom. The highest BCUT2D eigenvalue weighted by Gasteiger charge is 2.07. The lowest BCUT2D eigenvalue weighted by molar-refractivity contribution is 1.28. The van der Waals surface area contributed by atoms with E-state index in [1.54, 1.807) is 17.5 Å². The normalized spacial score (nSPS) is 11.6. The summed E-state index contributed by atoms with van der Waals surface area (Å²) in [5, 5.41) is 2.92. The fourth-order valence-electron chi connectivity index (χ4n) is 1.94. The van der Waals surface area contributed by atoms with Crippen molar-refractivity contribution >= 4 is 34.5 Å². The molecule has 0 aliphatic rings. The van der Waals surface area contributed by atoms with Gasteiger partial charge in [-0.2, -0.15) is 0 Å². The van der Waals surface area contributed by atoms with Crippen molar-refractivity contribution in [3.63, 3.8) is 0 Å². The third-order valence-electron chi connectivity index (χ3n) is 2.93. The van der Waals surface area contributed by atoms with Crippen molar-refractivity contribution in [1.82, 2.24) is 9.97 Å². The van der Waals surface area contributed by atoms with E-state index in [1.165, 1.54) is 0 Å². The number of nitrogens with two attached hydrogens (primary N) is 1. The highest BCUT2D eigenvalue weighted by molar-refractivity contribution is 7.13. The van der Waals surface area contributed by atoms with Crippen molar-refractivity contribution in [2.24, 2.45) is 10.7 Å². The number of nitrogens with zero attached hydrogens (tertiary/aromatic N) is 3. The molecule has 3 rings (SSSR count). The maximum atomic E-state index is 5.67. The van der Waals surface area contributed by atoms with Gasteiger partial charge in [0, 0.05) is 17.1 Å². The number of thiazole rings is 1. The number of halogens is 1. The van der Waals surface area contributed by atoms with E-state index in [0.29, 0.717) is 5.84 Å². The van der Waals surface area contributed by atoms with E-state index in [1.807, 2.05) is 47.8 Å². The summed E-state index contributed by atoms with van der Waals surface area (Å²) in [4.78, 5) is 13.2. The van der Waals surface area contributed by atoms with Gasteiger partial charge < -0.3 is 5.73 Å². The predicted octanol–water partition coefficient (Wildman–Crippen LogP) is 4.10. The molecule has 0 atom stereocenters. The topological polar surface area (TPSA) is 64.2 Å². The van der Waals surface area contributed by atoms with Crippen LogP contribution in [0.1, 0.15) is 0 Å². The van der Waals surface area contributed by atoms with Crippen LogP contribution >= 0.6 is 22.9 Å². The van der Waals surface area contributed by atoms with E-state index in [9.17, 15) is 0 Å². The summed E-state index contributed by atoms with van der Waals surface area (Å²) in [5.41, 5.74) is 9.17. The molecule has 2 aromatic heterocycles. The van der Waals surface area contributed by atoms with Gasteiger partial charge in [-0.1, -0.05) is 18.2 Å². The highest BCUT2D eigenvalue weighted by Crippen LogP contribution is 2.30. The van der Waals surface area contributed by atoms with Gasteiger partial charge in [0.15, 0.2) is 0 Å². The van der Waals surface area contributed by atoms with E-state index in [0.717, 1.165) is 27.6 Å². The van der Waals surface area contributed by atoms with Gasteiger partial charge >= 0.3 is 0 Å². The smallest absolute Gasteiger partial charge is 0.124 e. The Hall–Kier alpha value is -2.24. The maximum Gasteiger partial charge on any atom is 0.124 e. The third kappa shape index (κ3) is 3.32. The molecule has 0 aliphatic carbocycles. The summed E-state index contributed by atoms with van der Waals surface area (Å²) in [6.07, 6.45) is 1.76. The lowest BCUT2D eigenvalue weighted by Crippen LogP contribution is -2.12. The minimum atomic E-state index is 0.214. The minimum absolute atomic E-state index is 0.214. The zero-order valence-electron chi connectivity index (χ0n) is 11.6. The summed E-state index contributed by atoms with van der Waals surface area (Å²) in [6, 6.07) is 13.5. The van der Waals surface area contributed by atoms with Crippen LogP contribution in [0.4, 0.5) is 5.69 Å². The number of hydrogen-bond donors (Lipinski definition) is 1. The second-order valence-electron chi connectivity index (χ2n) is 4.54. The molecule has 0 saturated heterocycles. The summed E-state index contributed by atoms with van der Waals surface area (Å²) < 4.78 is 0. The molecule has 0 radical (unpaired) electrons. The monoisotopic (exact) mass is 328 g/mol. The van der Waals surface area contributed by atoms with Gasteiger partial charge in [0.2, 0.25) is 0 Å². The number of hydrogen-bond acceptors (Lipinski definition) is 4. The Labute approximate surface area is 137 Å². The number of amidine groups is 1. The van der Waals surface area contributed by atoms with Gasteiger partial charge in [-0.05, 0) is 24.3 Å². The number of alkyl halides is 1. The molecule has 0 saturated carbocycles. The molecule has 22 heavy (non-hydrogen) atoms. The molecule has 0 amide bonds. The lowest BCUT2D eigenvalue weighted by atomic mass is 10.2. The first-order valence-corrected chi connectivity index (χ1v) is 8.04. The number of pyridine rings is 1. The average molecular weight is 329 g/mol. The molecular weight excluding hydrogens is 316 g/mol. The van der Waals surface area contributed by atoms with Gasteiger partial charge in [-0.25, -0.2) is 9.98 Å². The van der Waals surface area contributed by atoms with Gasteiger partial charge in [0.1, 0.15) is 16.5 Å². The quantitative estimate of drug-likeness (QED) is 0.445. The Kier molecular flexibility index (Phi) is 4.46. The molecule has 0 fully saturated rings. The molecule has 0 unspecified atom stereocenters. The van der Waals surface area contributed by atoms with Crippen LogP contribution in [-0.2, 0) is 0 Å². The molecule has 0 aliphatic heterocycles. The number of benzene rings is 1. The van der Waals surface area contributed by atoms with Gasteiger partial charge in [-0.15, -0.1) is 22.9 Å². The third-order valence-corrected chi connectivity index (χ3v) is 4.10. The molecule has 2 N–H and O–H groups in total. The first kappa shape index (κ1) is 14.7. The molecular formula is C16H13ClN4S. The van der Waals surface area contributed by atoms with Crippen LogP contribution in [-0.4, -0.2) is 21.7 Å². The standard InChI is InChI=1S/C16H13ClN4S/c17-9-15(18)20-12-5-3-4-11(8-12)16-21-14(10-22-16)13-6-1-2-7-19-13/h1-8,10H,9H2,(H2,18,20). The van der Waals surface area contributed by atoms with Gasteiger partial charge in [0.25, 0.3) is 0 Å². The van der Waals surface area contributed by atoms with Crippen LogP contribution in [0.3, 0.4) is 0 Å². The molecule has 1 aromatic carbocycles. The van der Waals surface area contributed by atoms with Crippen molar-refractivity contribution in [2.45, 2.75) is 0 Å². The predicted molar refractivity (Wildman–Crippen MR) is 92.8 cm³/mol. The molecule has 6 heteroatoms. The Morgan fingerprint density at radius 3 is 2.86 bits per heavy atom. The number of aromatic nitrogens is 2. The van der Waals surface area contributed by atoms with Gasteiger partial charge in [0.05, 0.1) is 17.3 Å². The fraction of sp³-hybridized carbons (Fsp3) is 0.0625. The van der Waals surface area contributed by atoms with Crippen LogP contribution < -0.4 is 5.73 Å². The lowest BCUT2D eigenvalue weighted by Gasteiger charge is -2.00. The van der Waals surface area contributed by atoms with Crippen molar-refractivity contribution in [2.75, 3.05) is 5.88 Å². The largest absolute Gasteiger partial charge is 0.386 e. The first-order chi connectivity index (χ1) is 10.8. The SMILES string of the molecule is NC(CCl)=Nc1cccc(-c2nc(-c3ccccn3)cs2)c1. The average Bonchev–Trinajstić information content (AvgIpc) is 3.06. The molecule has 2 heterocycles. The second-order valence-corrected chi connectivity index (χ2v) is 5.67. The summed E-state index contributed by atoms with van der Waals surface area (Å²) in [6.45, 7) is 0. The Morgan fingerprint density at radius 1 is 1.18 bits per heavy atom. The van der Waals surface area contributed by atoms with E-state index < -0.39 is 0 Å². The zero-order valence-corrected chi connectivity index (χ0v) is 13.2. The Balaban J connectivity index is 1.92. The zero-order chi connectivity index (χ0) is 15.4. The molecule has 110 valence electrons. The minimum Gasteiger partial charge on any atom is -0.386 e. The van der Waals surface area contributed by atoms with Crippen LogP contribution in [0.2, 0.25) is 0 Å². The molecule has 0 spiro atoms. The van der Waals surface area contributed by atoms with E-state index in [4.69, 9.17) is 17.3 Å². The van der Waals surface area contributed by atoms with Crippen LogP contribution in [0.15, 0.2) is 59.0 Å². The number of aliphatic imine (C=N–C) groups is 1. The first-order valence-electron chi connectivity index (χ1n) is 6.62. The highest BCUT2D eigenvalue weighted by atomic mass is 35.5. The van der Waals surface area contributed by atoms with Crippen molar-refractivity contribution in [3.8, 4) is 22.0 Å². The molecule has 0 bridgehead atoms. The van der Waals surface area contributed by atoms with Crippen LogP contribution in [0.5, 0.6) is 0 Å². The maximum absolute atomic E-state index is 5.67. The Bertz CT molecular complexity index is 799. The molecule has 3 aromatic rings. The summed E-state index contributed by atoms with van der Waals surface area (Å²) in [7, 11) is 0. The van der Waals surface area contributed by atoms with Gasteiger partial charge in [-0.3, -0.25) is 4.98 Å². The van der Waals surface area contributed by atoms with E-state index in [-0.39, 0.29) is 5.88 Å². The van der Waals surface area contributed by atoms with Crippen molar-refractivity contribution < 1.29 is 0 Å². The van der Waals surface area contributed by atoms with E-state index >= 15 is 0 Å². The van der Waals surface area contributed by atoms with Crippen LogP contribution in [0.25, 0.3) is 22.0 Å². The fourth-order valence-corrected chi connectivity index (χ4v) is 2.81. The van der Waals surface area contributed by atoms with E-state index in [2.05, 4.69) is 15.0 Å². The van der Waals surface area contributed by atoms with Crippen LogP contribution in [0, 0.1) is 0 Å². The summed E-state index contributed by atoms with van der Waals surface area (Å²) >= 11 is 7.23. The summed E-state index contributed by atoms with van der Waals surface area (Å²) in [5.74, 6) is 0.609. The second kappa shape index (κ2) is 6.68. The van der Waals surface area contributed by atoms with Crippen molar-refractivity contribution in [3.05, 3.63) is 54.0 Å². The molecule has 4 nitrogen and oxygen atoms in total. The van der Waals surface area contributed by atoms with Crippen molar-refractivity contribution in [1.29, 1.82) is 0 Å². The number of rotatable bonds is 4.